The molecule has 1 aliphatic heterocycles. The number of amides is 1. The molecule has 0 unspecified atom stereocenters. The number of ether oxygens (including phenoxy) is 1. The van der Waals surface area contributed by atoms with Crippen molar-refractivity contribution in [2.45, 2.75) is 57.1 Å². The Labute approximate surface area is 146 Å². The topological polar surface area (TPSA) is 71.2 Å². The van der Waals surface area contributed by atoms with Crippen LogP contribution < -0.4 is 10.9 Å². The average molecular weight is 340 g/mol. The van der Waals surface area contributed by atoms with E-state index in [-0.39, 0.29) is 23.1 Å². The van der Waals surface area contributed by atoms with E-state index < -0.39 is 0 Å². The number of fused-ring (bicyclic) bond motifs is 1. The minimum Gasteiger partial charge on any atom is -0.373 e. The van der Waals surface area contributed by atoms with Crippen LogP contribution in [0.25, 0.3) is 10.9 Å². The lowest BCUT2D eigenvalue weighted by Crippen LogP contribution is -2.37. The molecule has 1 amide bonds. The summed E-state index contributed by atoms with van der Waals surface area (Å²) in [6.07, 6.45) is 6.75. The zero-order valence-electron chi connectivity index (χ0n) is 14.6. The van der Waals surface area contributed by atoms with Crippen LogP contribution in [0.5, 0.6) is 0 Å². The molecule has 1 aromatic heterocycles. The van der Waals surface area contributed by atoms with Gasteiger partial charge in [-0.3, -0.25) is 9.59 Å². The van der Waals surface area contributed by atoms with E-state index in [9.17, 15) is 9.59 Å². The van der Waals surface area contributed by atoms with Crippen LogP contribution in [0.1, 0.15) is 54.4 Å². The molecule has 2 N–H and O–H groups in total. The lowest BCUT2D eigenvalue weighted by molar-refractivity contribution is -0.0246. The summed E-state index contributed by atoms with van der Waals surface area (Å²) in [6.45, 7) is 2.54. The number of aromatic nitrogens is 1. The summed E-state index contributed by atoms with van der Waals surface area (Å²) in [7, 11) is 0. The molecule has 25 heavy (non-hydrogen) atoms. The van der Waals surface area contributed by atoms with Crippen molar-refractivity contribution in [2.75, 3.05) is 6.61 Å². The third-order valence-electron chi connectivity index (χ3n) is 5.55. The molecule has 1 aliphatic carbocycles. The lowest BCUT2D eigenvalue weighted by atomic mass is 9.82. The molecule has 4 rings (SSSR count). The number of carbonyl (C=O) groups excluding carboxylic acids is 1. The van der Waals surface area contributed by atoms with Crippen LogP contribution in [-0.2, 0) is 4.74 Å². The second-order valence-electron chi connectivity index (χ2n) is 7.53. The molecule has 1 saturated heterocycles. The molecule has 2 aromatic rings. The molecule has 1 atom stereocenters. The molecule has 2 heterocycles. The van der Waals surface area contributed by atoms with Gasteiger partial charge in [-0.1, -0.05) is 30.9 Å². The lowest BCUT2D eigenvalue weighted by Gasteiger charge is -2.32. The molecular formula is C20H24N2O3. The molecule has 2 aliphatic rings. The third kappa shape index (κ3) is 3.21. The van der Waals surface area contributed by atoms with Gasteiger partial charge in [-0.15, -0.1) is 0 Å². The van der Waals surface area contributed by atoms with Gasteiger partial charge in [0.2, 0.25) is 5.56 Å². The summed E-state index contributed by atoms with van der Waals surface area (Å²) in [5, 5.41) is 3.87. The van der Waals surface area contributed by atoms with Crippen molar-refractivity contribution in [3.8, 4) is 0 Å². The molecule has 5 heteroatoms. The highest BCUT2D eigenvalue weighted by atomic mass is 16.5. The van der Waals surface area contributed by atoms with Gasteiger partial charge in [-0.25, -0.2) is 0 Å². The Hall–Kier alpha value is -2.14. The van der Waals surface area contributed by atoms with E-state index in [0.717, 1.165) is 30.2 Å². The monoisotopic (exact) mass is 340 g/mol. The second kappa shape index (κ2) is 6.30. The molecular weight excluding hydrogens is 316 g/mol. The number of rotatable bonds is 2. The fraction of sp³-hybridized carbons (Fsp3) is 0.500. The van der Waals surface area contributed by atoms with Crippen LogP contribution in [0.3, 0.4) is 0 Å². The number of aromatic amines is 1. The number of hydrogen-bond acceptors (Lipinski definition) is 3. The van der Waals surface area contributed by atoms with Crippen molar-refractivity contribution in [2.24, 2.45) is 0 Å². The van der Waals surface area contributed by atoms with E-state index in [1.54, 1.807) is 0 Å². The van der Waals surface area contributed by atoms with Crippen LogP contribution >= 0.6 is 0 Å². The Morgan fingerprint density at radius 1 is 1.24 bits per heavy atom. The SMILES string of the molecule is Cc1ccc2[nH]c(=O)cc(C(=O)N[C@H]3COC4(CCCCC4)C3)c2c1. The Balaban J connectivity index is 1.57. The van der Waals surface area contributed by atoms with Crippen molar-refractivity contribution < 1.29 is 9.53 Å². The highest BCUT2D eigenvalue weighted by molar-refractivity contribution is 6.06. The van der Waals surface area contributed by atoms with Crippen LogP contribution in [0.15, 0.2) is 29.1 Å². The number of nitrogens with one attached hydrogen (secondary N) is 2. The summed E-state index contributed by atoms with van der Waals surface area (Å²) in [5.41, 5.74) is 1.89. The molecule has 2 fully saturated rings. The molecule has 5 nitrogen and oxygen atoms in total. The summed E-state index contributed by atoms with van der Waals surface area (Å²) in [5.74, 6) is -0.192. The fourth-order valence-electron chi connectivity index (χ4n) is 4.30. The first-order chi connectivity index (χ1) is 12.0. The van der Waals surface area contributed by atoms with E-state index in [1.807, 2.05) is 25.1 Å². The quantitative estimate of drug-likeness (QED) is 0.883. The molecule has 1 spiro atoms. The number of benzene rings is 1. The maximum atomic E-state index is 12.8. The van der Waals surface area contributed by atoms with E-state index in [2.05, 4.69) is 10.3 Å². The molecule has 0 radical (unpaired) electrons. The van der Waals surface area contributed by atoms with E-state index in [4.69, 9.17) is 4.74 Å². The first-order valence-electron chi connectivity index (χ1n) is 9.13. The number of hydrogen-bond donors (Lipinski definition) is 2. The minimum absolute atomic E-state index is 0.0183. The maximum absolute atomic E-state index is 12.8. The summed E-state index contributed by atoms with van der Waals surface area (Å²) >= 11 is 0. The third-order valence-corrected chi connectivity index (χ3v) is 5.55. The summed E-state index contributed by atoms with van der Waals surface area (Å²) in [4.78, 5) is 27.5. The highest BCUT2D eigenvalue weighted by Gasteiger charge is 2.41. The van der Waals surface area contributed by atoms with Gasteiger partial charge >= 0.3 is 0 Å². The Kier molecular flexibility index (Phi) is 4.12. The zero-order chi connectivity index (χ0) is 17.4. The van der Waals surface area contributed by atoms with Crippen LogP contribution in [-0.4, -0.2) is 29.1 Å². The predicted octanol–water partition coefficient (Wildman–Crippen LogP) is 3.06. The Morgan fingerprint density at radius 3 is 2.84 bits per heavy atom. The van der Waals surface area contributed by atoms with Crippen molar-refractivity contribution >= 4 is 16.8 Å². The van der Waals surface area contributed by atoms with E-state index >= 15 is 0 Å². The Bertz CT molecular complexity index is 865. The van der Waals surface area contributed by atoms with E-state index in [0.29, 0.717) is 17.7 Å². The summed E-state index contributed by atoms with van der Waals surface area (Å²) in [6, 6.07) is 7.12. The maximum Gasteiger partial charge on any atom is 0.252 e. The van der Waals surface area contributed by atoms with Gasteiger partial charge in [0, 0.05) is 17.0 Å². The molecule has 132 valence electrons. The number of aryl methyl sites for hydroxylation is 1. The van der Waals surface area contributed by atoms with Crippen LogP contribution in [0.4, 0.5) is 0 Å². The van der Waals surface area contributed by atoms with Crippen molar-refractivity contribution in [1.82, 2.24) is 10.3 Å². The molecule has 0 bridgehead atoms. The minimum atomic E-state index is -0.257. The zero-order valence-corrected chi connectivity index (χ0v) is 14.6. The van der Waals surface area contributed by atoms with Gasteiger partial charge < -0.3 is 15.0 Å². The second-order valence-corrected chi connectivity index (χ2v) is 7.53. The average Bonchev–Trinajstić information content (AvgIpc) is 2.97. The standard InChI is InChI=1S/C20H24N2O3/c1-13-5-6-17-15(9-13)16(10-18(23)22-17)19(24)21-14-11-20(25-12-14)7-3-2-4-8-20/h5-6,9-10,14H,2-4,7-8,11-12H2,1H3,(H,21,24)(H,22,23)/t14-/m1/s1. The summed E-state index contributed by atoms with van der Waals surface area (Å²) < 4.78 is 6.08. The van der Waals surface area contributed by atoms with Gasteiger partial charge in [-0.05, 0) is 38.3 Å². The van der Waals surface area contributed by atoms with Crippen LogP contribution in [0, 0.1) is 6.92 Å². The van der Waals surface area contributed by atoms with E-state index in [1.165, 1.54) is 25.3 Å². The molecule has 1 saturated carbocycles. The fourth-order valence-corrected chi connectivity index (χ4v) is 4.30. The normalized spacial score (nSPS) is 22.4. The number of H-pyrrole nitrogens is 1. The van der Waals surface area contributed by atoms with Crippen molar-refractivity contribution in [1.29, 1.82) is 0 Å². The Morgan fingerprint density at radius 2 is 2.04 bits per heavy atom. The van der Waals surface area contributed by atoms with Gasteiger partial charge in [0.1, 0.15) is 0 Å². The van der Waals surface area contributed by atoms with Gasteiger partial charge in [0.15, 0.2) is 0 Å². The van der Waals surface area contributed by atoms with Gasteiger partial charge in [0.25, 0.3) is 5.91 Å². The first kappa shape index (κ1) is 16.3. The molecule has 1 aromatic carbocycles. The predicted molar refractivity (Wildman–Crippen MR) is 96.9 cm³/mol. The van der Waals surface area contributed by atoms with Crippen molar-refractivity contribution in [3.05, 3.63) is 45.7 Å². The van der Waals surface area contributed by atoms with Gasteiger partial charge in [-0.2, -0.15) is 0 Å². The number of carbonyl (C=O) groups is 1. The smallest absolute Gasteiger partial charge is 0.252 e. The largest absolute Gasteiger partial charge is 0.373 e. The highest BCUT2D eigenvalue weighted by Crippen LogP contribution is 2.39. The first-order valence-corrected chi connectivity index (χ1v) is 9.13. The van der Waals surface area contributed by atoms with Crippen LogP contribution in [0.2, 0.25) is 0 Å². The van der Waals surface area contributed by atoms with Crippen molar-refractivity contribution in [3.63, 3.8) is 0 Å². The van der Waals surface area contributed by atoms with Gasteiger partial charge in [0.05, 0.1) is 23.8 Å². The number of pyridine rings is 1.